The summed E-state index contributed by atoms with van der Waals surface area (Å²) in [5.74, 6) is -2.41. The van der Waals surface area contributed by atoms with Crippen molar-refractivity contribution < 1.29 is 29.0 Å². The molecule has 38 heavy (non-hydrogen) atoms. The highest BCUT2D eigenvalue weighted by atomic mass is 16.6. The molecule has 2 saturated heterocycles. The van der Waals surface area contributed by atoms with Gasteiger partial charge in [-0.2, -0.15) is 0 Å². The topological polar surface area (TPSA) is 96.4 Å². The Morgan fingerprint density at radius 3 is 2.61 bits per heavy atom. The molecule has 1 aromatic rings. The Kier molecular flexibility index (Phi) is 8.29. The minimum Gasteiger partial charge on any atom is -0.465 e. The highest BCUT2D eigenvalue weighted by molar-refractivity contribution is 5.99. The molecule has 0 radical (unpaired) electrons. The van der Waals surface area contributed by atoms with Gasteiger partial charge < -0.3 is 24.4 Å². The zero-order valence-electron chi connectivity index (χ0n) is 21.9. The Bertz CT molecular complexity index is 1070. The van der Waals surface area contributed by atoms with Crippen LogP contribution < -0.4 is 0 Å². The highest BCUT2D eigenvalue weighted by Crippen LogP contribution is 2.53. The van der Waals surface area contributed by atoms with E-state index in [1.807, 2.05) is 54.6 Å². The van der Waals surface area contributed by atoms with E-state index in [4.69, 9.17) is 14.6 Å². The lowest BCUT2D eigenvalue weighted by Crippen LogP contribution is -2.55. The predicted octanol–water partition coefficient (Wildman–Crippen LogP) is 3.00. The zero-order valence-corrected chi connectivity index (χ0v) is 21.9. The summed E-state index contributed by atoms with van der Waals surface area (Å²) < 4.78 is 12.3. The smallest absolute Gasteiger partial charge is 0.312 e. The van der Waals surface area contributed by atoms with Crippen LogP contribution in [0.3, 0.4) is 0 Å². The van der Waals surface area contributed by atoms with Gasteiger partial charge in [0.25, 0.3) is 0 Å². The van der Waals surface area contributed by atoms with Crippen LogP contribution in [0.1, 0.15) is 50.5 Å². The molecule has 1 N–H and O–H groups in total. The molecule has 0 saturated carbocycles. The number of rotatable bonds is 8. The minimum atomic E-state index is -1.22. The summed E-state index contributed by atoms with van der Waals surface area (Å²) in [5.41, 5.74) is -0.216. The molecule has 1 unspecified atom stereocenters. The van der Waals surface area contributed by atoms with Gasteiger partial charge in [-0.05, 0) is 37.7 Å². The molecule has 5 rings (SSSR count). The second-order valence-corrected chi connectivity index (χ2v) is 10.7. The van der Waals surface area contributed by atoms with Gasteiger partial charge in [0.15, 0.2) is 0 Å². The molecule has 8 heteroatoms. The van der Waals surface area contributed by atoms with E-state index < -0.39 is 35.6 Å². The Morgan fingerprint density at radius 2 is 1.79 bits per heavy atom. The lowest BCUT2D eigenvalue weighted by Gasteiger charge is -2.35. The van der Waals surface area contributed by atoms with Crippen LogP contribution in [-0.4, -0.2) is 76.7 Å². The monoisotopic (exact) mass is 522 g/mol. The van der Waals surface area contributed by atoms with Gasteiger partial charge in [0.2, 0.25) is 11.8 Å². The maximum Gasteiger partial charge on any atom is 0.312 e. The maximum atomic E-state index is 14.2. The summed E-state index contributed by atoms with van der Waals surface area (Å²) in [6.45, 7) is 1.69. The van der Waals surface area contributed by atoms with Gasteiger partial charge in [-0.1, -0.05) is 67.5 Å². The lowest BCUT2D eigenvalue weighted by atomic mass is 9.78. The van der Waals surface area contributed by atoms with Crippen molar-refractivity contribution in [3.8, 4) is 0 Å². The zero-order chi connectivity index (χ0) is 26.5. The molecule has 1 aromatic carbocycles. The molecular weight excluding hydrogens is 484 g/mol. The largest absolute Gasteiger partial charge is 0.465 e. The van der Waals surface area contributed by atoms with Crippen molar-refractivity contribution in [1.29, 1.82) is 0 Å². The minimum absolute atomic E-state index is 0.140. The average molecular weight is 523 g/mol. The SMILES string of the molecule is O=C1OCCCC/C=C\[C@@H]2O[C@]34C=CCN(Cc5ccccc5)C(=O)C3N(CCCCCCO)C(=O)[C@@H]4[C@H]12. The predicted molar refractivity (Wildman–Crippen MR) is 141 cm³/mol. The van der Waals surface area contributed by atoms with Crippen LogP contribution in [0.4, 0.5) is 0 Å². The molecule has 1 spiro atoms. The van der Waals surface area contributed by atoms with E-state index in [1.165, 1.54) is 0 Å². The number of esters is 1. The summed E-state index contributed by atoms with van der Waals surface area (Å²) in [7, 11) is 0. The van der Waals surface area contributed by atoms with Crippen molar-refractivity contribution in [2.75, 3.05) is 26.3 Å². The Labute approximate surface area is 224 Å². The number of likely N-dealkylation sites (tertiary alicyclic amines) is 1. The Morgan fingerprint density at radius 1 is 0.974 bits per heavy atom. The maximum absolute atomic E-state index is 14.2. The van der Waals surface area contributed by atoms with Crippen LogP contribution in [-0.2, 0) is 30.4 Å². The number of aliphatic hydroxyl groups is 1. The Balaban J connectivity index is 1.49. The molecule has 2 amide bonds. The summed E-state index contributed by atoms with van der Waals surface area (Å²) in [4.78, 5) is 45.1. The fourth-order valence-electron chi connectivity index (χ4n) is 6.40. The summed E-state index contributed by atoms with van der Waals surface area (Å²) in [5, 5.41) is 9.13. The van der Waals surface area contributed by atoms with Gasteiger partial charge >= 0.3 is 5.97 Å². The van der Waals surface area contributed by atoms with E-state index in [1.54, 1.807) is 9.80 Å². The lowest BCUT2D eigenvalue weighted by molar-refractivity contribution is -0.155. The number of hydrogen-bond acceptors (Lipinski definition) is 6. The molecule has 5 atom stereocenters. The van der Waals surface area contributed by atoms with Crippen molar-refractivity contribution >= 4 is 17.8 Å². The fraction of sp³-hybridized carbons (Fsp3) is 0.567. The second-order valence-electron chi connectivity index (χ2n) is 10.7. The number of carbonyl (C=O) groups is 3. The molecule has 4 aliphatic heterocycles. The molecule has 204 valence electrons. The number of carbonyl (C=O) groups excluding carboxylic acids is 3. The number of nitrogens with zero attached hydrogens (tertiary/aromatic N) is 2. The van der Waals surface area contributed by atoms with E-state index in [0.717, 1.165) is 37.7 Å². The number of hydrogen-bond donors (Lipinski definition) is 1. The summed E-state index contributed by atoms with van der Waals surface area (Å²) >= 11 is 0. The quantitative estimate of drug-likeness (QED) is 0.320. The molecule has 2 fully saturated rings. The molecule has 0 bridgehead atoms. The number of cyclic esters (lactones) is 1. The molecule has 0 aromatic heterocycles. The van der Waals surface area contributed by atoms with Crippen molar-refractivity contribution in [2.24, 2.45) is 11.8 Å². The normalized spacial score (nSPS) is 31.9. The van der Waals surface area contributed by atoms with Crippen LogP contribution in [0.5, 0.6) is 0 Å². The number of ether oxygens (including phenoxy) is 2. The van der Waals surface area contributed by atoms with Crippen LogP contribution in [0.15, 0.2) is 54.6 Å². The highest BCUT2D eigenvalue weighted by Gasteiger charge is 2.71. The van der Waals surface area contributed by atoms with Crippen LogP contribution in [0, 0.1) is 11.8 Å². The molecule has 8 nitrogen and oxygen atoms in total. The van der Waals surface area contributed by atoms with Gasteiger partial charge in [-0.15, -0.1) is 0 Å². The van der Waals surface area contributed by atoms with E-state index in [0.29, 0.717) is 39.1 Å². The van der Waals surface area contributed by atoms with Gasteiger partial charge in [0, 0.05) is 26.2 Å². The van der Waals surface area contributed by atoms with Gasteiger partial charge in [0.1, 0.15) is 17.6 Å². The molecule has 4 heterocycles. The van der Waals surface area contributed by atoms with E-state index >= 15 is 0 Å². The molecule has 0 aliphatic carbocycles. The number of fused-ring (bicyclic) bond motifs is 2. The fourth-order valence-corrected chi connectivity index (χ4v) is 6.40. The third-order valence-electron chi connectivity index (χ3n) is 8.21. The molecular formula is C30H38N2O6. The van der Waals surface area contributed by atoms with Crippen LogP contribution in [0.2, 0.25) is 0 Å². The van der Waals surface area contributed by atoms with Crippen molar-refractivity contribution in [3.63, 3.8) is 0 Å². The van der Waals surface area contributed by atoms with Crippen molar-refractivity contribution in [2.45, 2.75) is 69.2 Å². The number of benzene rings is 1. The van der Waals surface area contributed by atoms with Crippen LogP contribution >= 0.6 is 0 Å². The first-order chi connectivity index (χ1) is 18.6. The van der Waals surface area contributed by atoms with E-state index in [-0.39, 0.29) is 18.4 Å². The number of aliphatic hydroxyl groups excluding tert-OH is 1. The Hall–Kier alpha value is -2.97. The third-order valence-corrected chi connectivity index (χ3v) is 8.21. The van der Waals surface area contributed by atoms with Gasteiger partial charge in [0.05, 0.1) is 18.6 Å². The first kappa shape index (κ1) is 26.6. The van der Waals surface area contributed by atoms with Crippen molar-refractivity contribution in [3.05, 3.63) is 60.2 Å². The first-order valence-electron chi connectivity index (χ1n) is 14.0. The van der Waals surface area contributed by atoms with Gasteiger partial charge in [-0.3, -0.25) is 14.4 Å². The van der Waals surface area contributed by atoms with Gasteiger partial charge in [-0.25, -0.2) is 0 Å². The third kappa shape index (κ3) is 5.04. The van der Waals surface area contributed by atoms with Crippen molar-refractivity contribution in [1.82, 2.24) is 9.80 Å². The van der Waals surface area contributed by atoms with Crippen LogP contribution in [0.25, 0.3) is 0 Å². The number of unbranched alkanes of at least 4 members (excludes halogenated alkanes) is 3. The average Bonchev–Trinajstić information content (AvgIpc) is 3.31. The van der Waals surface area contributed by atoms with E-state index in [2.05, 4.69) is 0 Å². The summed E-state index contributed by atoms with van der Waals surface area (Å²) in [6.07, 6.45) is 12.7. The standard InChI is InChI=1S/C30H38N2O6/c33-19-10-3-2-9-18-32-26-28(35)31(21-22-13-6-5-7-14-22)17-12-16-30(26)25(27(32)34)24-23(38-30)15-8-1-4-11-20-37-29(24)36/h5-8,12-16,23-26,33H,1-4,9-11,17-21H2/b15-8-/t23-,24+,25-,26?,30-/m0/s1. The number of amides is 2. The number of allylic oxidation sites excluding steroid dienone is 1. The molecule has 4 aliphatic rings. The second kappa shape index (κ2) is 11.8. The first-order valence-corrected chi connectivity index (χ1v) is 14.0. The van der Waals surface area contributed by atoms with E-state index in [9.17, 15) is 14.4 Å². The summed E-state index contributed by atoms with van der Waals surface area (Å²) in [6, 6.07) is 8.96.